The van der Waals surface area contributed by atoms with Crippen LogP contribution < -0.4 is 5.32 Å². The lowest BCUT2D eigenvalue weighted by Crippen LogP contribution is -2.27. The largest absolute Gasteiger partial charge is 0.461 e. The average molecular weight is 317 g/mol. The molecule has 0 fully saturated rings. The third-order valence-electron chi connectivity index (χ3n) is 2.72. The highest BCUT2D eigenvalue weighted by Gasteiger charge is 2.17. The molecular weight excluding hydrogens is 298 g/mol. The highest BCUT2D eigenvalue weighted by atomic mass is 16.6. The molecule has 0 aliphatic carbocycles. The molecule has 122 valence electrons. The number of aryl methyl sites for hydroxylation is 1. The number of amides is 1. The van der Waals surface area contributed by atoms with Crippen LogP contribution in [0.3, 0.4) is 0 Å². The SMILES string of the molecule is CC(C)(C)OC(=O)Nc1ncc(-c2ccc(CCC=O)o2)cn1. The van der Waals surface area contributed by atoms with Gasteiger partial charge in [-0.1, -0.05) is 0 Å². The maximum atomic E-state index is 11.6. The highest BCUT2D eigenvalue weighted by Crippen LogP contribution is 2.22. The number of hydrogen-bond donors (Lipinski definition) is 1. The molecular formula is C16H19N3O4. The summed E-state index contributed by atoms with van der Waals surface area (Å²) < 4.78 is 10.7. The van der Waals surface area contributed by atoms with Gasteiger partial charge in [-0.3, -0.25) is 5.32 Å². The fourth-order valence-electron chi connectivity index (χ4n) is 1.78. The minimum atomic E-state index is -0.612. The van der Waals surface area contributed by atoms with Crippen LogP contribution in [0.15, 0.2) is 28.9 Å². The van der Waals surface area contributed by atoms with E-state index in [-0.39, 0.29) is 5.95 Å². The number of aromatic nitrogens is 2. The molecule has 2 aromatic rings. The van der Waals surface area contributed by atoms with Gasteiger partial charge in [-0.05, 0) is 32.9 Å². The Hall–Kier alpha value is -2.70. The Morgan fingerprint density at radius 3 is 2.61 bits per heavy atom. The number of furan rings is 1. The molecule has 0 spiro atoms. The zero-order chi connectivity index (χ0) is 16.9. The van der Waals surface area contributed by atoms with Crippen molar-refractivity contribution in [3.8, 4) is 11.3 Å². The van der Waals surface area contributed by atoms with Crippen molar-refractivity contribution in [3.63, 3.8) is 0 Å². The first-order valence-corrected chi connectivity index (χ1v) is 7.22. The van der Waals surface area contributed by atoms with Gasteiger partial charge in [0.1, 0.15) is 23.4 Å². The van der Waals surface area contributed by atoms with E-state index in [1.165, 1.54) is 0 Å². The Morgan fingerprint density at radius 2 is 2.00 bits per heavy atom. The second kappa shape index (κ2) is 7.04. The monoisotopic (exact) mass is 317 g/mol. The fourth-order valence-corrected chi connectivity index (χ4v) is 1.78. The molecule has 7 nitrogen and oxygen atoms in total. The summed E-state index contributed by atoms with van der Waals surface area (Å²) in [7, 11) is 0. The van der Waals surface area contributed by atoms with Crippen molar-refractivity contribution >= 4 is 18.3 Å². The normalized spacial score (nSPS) is 11.1. The Bertz CT molecular complexity index is 671. The van der Waals surface area contributed by atoms with Crippen molar-refractivity contribution in [1.82, 2.24) is 9.97 Å². The van der Waals surface area contributed by atoms with Crippen LogP contribution >= 0.6 is 0 Å². The van der Waals surface area contributed by atoms with Crippen LogP contribution in [0.25, 0.3) is 11.3 Å². The van der Waals surface area contributed by atoms with Crippen molar-refractivity contribution in [2.75, 3.05) is 5.32 Å². The van der Waals surface area contributed by atoms with Crippen molar-refractivity contribution in [1.29, 1.82) is 0 Å². The number of carbonyl (C=O) groups excluding carboxylic acids is 2. The van der Waals surface area contributed by atoms with Gasteiger partial charge < -0.3 is 13.9 Å². The van der Waals surface area contributed by atoms with Crippen molar-refractivity contribution in [3.05, 3.63) is 30.3 Å². The van der Waals surface area contributed by atoms with Crippen LogP contribution in [0.5, 0.6) is 0 Å². The third kappa shape index (κ3) is 5.21. The van der Waals surface area contributed by atoms with E-state index >= 15 is 0 Å². The number of anilines is 1. The molecule has 0 aromatic carbocycles. The molecule has 0 aliphatic rings. The molecule has 0 saturated heterocycles. The Balaban J connectivity index is 2.00. The van der Waals surface area contributed by atoms with E-state index in [9.17, 15) is 9.59 Å². The van der Waals surface area contributed by atoms with E-state index in [0.29, 0.717) is 24.2 Å². The summed E-state index contributed by atoms with van der Waals surface area (Å²) in [6, 6.07) is 3.60. The van der Waals surface area contributed by atoms with Crippen molar-refractivity contribution < 1.29 is 18.7 Å². The predicted octanol–water partition coefficient (Wildman–Crippen LogP) is 3.22. The smallest absolute Gasteiger partial charge is 0.414 e. The van der Waals surface area contributed by atoms with Gasteiger partial charge in [0.2, 0.25) is 5.95 Å². The predicted molar refractivity (Wildman–Crippen MR) is 84.0 cm³/mol. The van der Waals surface area contributed by atoms with Crippen LogP contribution in [0, 0.1) is 0 Å². The average Bonchev–Trinajstić information content (AvgIpc) is 2.92. The molecule has 2 heterocycles. The van der Waals surface area contributed by atoms with Gasteiger partial charge >= 0.3 is 6.09 Å². The molecule has 2 aromatic heterocycles. The first kappa shape index (κ1) is 16.7. The number of nitrogens with zero attached hydrogens (tertiary/aromatic N) is 2. The van der Waals surface area contributed by atoms with Gasteiger partial charge in [0.05, 0.1) is 5.56 Å². The van der Waals surface area contributed by atoms with Gasteiger partial charge in [0, 0.05) is 25.2 Å². The zero-order valence-corrected chi connectivity index (χ0v) is 13.3. The van der Waals surface area contributed by atoms with Gasteiger partial charge in [0.25, 0.3) is 0 Å². The van der Waals surface area contributed by atoms with Crippen LogP contribution in [0.4, 0.5) is 10.7 Å². The molecule has 0 radical (unpaired) electrons. The van der Waals surface area contributed by atoms with E-state index < -0.39 is 11.7 Å². The molecule has 1 amide bonds. The van der Waals surface area contributed by atoms with Crippen LogP contribution in [-0.2, 0) is 16.0 Å². The van der Waals surface area contributed by atoms with Gasteiger partial charge in [-0.2, -0.15) is 0 Å². The Morgan fingerprint density at radius 1 is 1.30 bits per heavy atom. The van der Waals surface area contributed by atoms with Crippen molar-refractivity contribution in [2.24, 2.45) is 0 Å². The summed E-state index contributed by atoms with van der Waals surface area (Å²) in [4.78, 5) is 30.1. The van der Waals surface area contributed by atoms with Gasteiger partial charge in [0.15, 0.2) is 0 Å². The number of carbonyl (C=O) groups is 2. The van der Waals surface area contributed by atoms with Gasteiger partial charge in [-0.25, -0.2) is 14.8 Å². The second-order valence-electron chi connectivity index (χ2n) is 5.89. The molecule has 0 aliphatic heterocycles. The number of aldehydes is 1. The maximum Gasteiger partial charge on any atom is 0.414 e. The molecule has 23 heavy (non-hydrogen) atoms. The van der Waals surface area contributed by atoms with Crippen LogP contribution in [0.2, 0.25) is 0 Å². The quantitative estimate of drug-likeness (QED) is 0.851. The number of nitrogens with one attached hydrogen (secondary N) is 1. The summed E-state index contributed by atoms with van der Waals surface area (Å²) in [5.41, 5.74) is 0.0907. The summed E-state index contributed by atoms with van der Waals surface area (Å²) in [6.07, 6.45) is 4.30. The van der Waals surface area contributed by atoms with E-state index in [1.54, 1.807) is 39.2 Å². The maximum absolute atomic E-state index is 11.6. The highest BCUT2D eigenvalue weighted by molar-refractivity contribution is 5.82. The number of hydrogen-bond acceptors (Lipinski definition) is 6. The van der Waals surface area contributed by atoms with Gasteiger partial charge in [-0.15, -0.1) is 0 Å². The lowest BCUT2D eigenvalue weighted by Gasteiger charge is -2.19. The third-order valence-corrected chi connectivity index (χ3v) is 2.72. The lowest BCUT2D eigenvalue weighted by molar-refractivity contribution is -0.107. The first-order valence-electron chi connectivity index (χ1n) is 7.22. The van der Waals surface area contributed by atoms with E-state index in [0.717, 1.165) is 12.0 Å². The fraction of sp³-hybridized carbons (Fsp3) is 0.375. The van der Waals surface area contributed by atoms with E-state index in [4.69, 9.17) is 9.15 Å². The molecule has 0 bridgehead atoms. The summed E-state index contributed by atoms with van der Waals surface area (Å²) in [5.74, 6) is 1.48. The topological polar surface area (TPSA) is 94.3 Å². The molecule has 2 rings (SSSR count). The number of ether oxygens (including phenoxy) is 1. The van der Waals surface area contributed by atoms with Crippen LogP contribution in [0.1, 0.15) is 33.0 Å². The molecule has 0 atom stereocenters. The lowest BCUT2D eigenvalue weighted by atomic mass is 10.2. The second-order valence-corrected chi connectivity index (χ2v) is 5.89. The first-order chi connectivity index (χ1) is 10.9. The Kier molecular flexibility index (Phi) is 5.10. The van der Waals surface area contributed by atoms with Crippen molar-refractivity contribution in [2.45, 2.75) is 39.2 Å². The molecule has 0 unspecified atom stereocenters. The Labute approximate surface area is 134 Å². The van der Waals surface area contributed by atoms with E-state index in [1.807, 2.05) is 6.07 Å². The minimum absolute atomic E-state index is 0.149. The molecule has 0 saturated carbocycles. The van der Waals surface area contributed by atoms with Crippen LogP contribution in [-0.4, -0.2) is 27.9 Å². The summed E-state index contributed by atoms with van der Waals surface area (Å²) in [6.45, 7) is 5.32. The standard InChI is InChI=1S/C16H19N3O4/c1-16(2,3)23-15(21)19-14-17-9-11(10-18-14)13-7-6-12(22-13)5-4-8-20/h6-10H,4-5H2,1-3H3,(H,17,18,19,21). The molecule has 7 heteroatoms. The van der Waals surface area contributed by atoms with E-state index in [2.05, 4.69) is 15.3 Å². The summed E-state index contributed by atoms with van der Waals surface area (Å²) in [5, 5.41) is 2.46. The summed E-state index contributed by atoms with van der Waals surface area (Å²) >= 11 is 0. The zero-order valence-electron chi connectivity index (χ0n) is 13.3. The molecule has 1 N–H and O–H groups in total. The minimum Gasteiger partial charge on any atom is -0.461 e. The number of rotatable bonds is 5.